The molecule has 132 valence electrons. The Kier molecular flexibility index (Phi) is 5.06. The van der Waals surface area contributed by atoms with Crippen LogP contribution in [-0.4, -0.2) is 17.8 Å². The highest BCUT2D eigenvalue weighted by molar-refractivity contribution is 7.80. The van der Waals surface area contributed by atoms with E-state index >= 15 is 0 Å². The Bertz CT molecular complexity index is 795. The minimum absolute atomic E-state index is 0.0452. The van der Waals surface area contributed by atoms with E-state index in [2.05, 4.69) is 24.5 Å². The monoisotopic (exact) mass is 376 g/mol. The molecule has 0 amide bonds. The van der Waals surface area contributed by atoms with E-state index in [9.17, 15) is 0 Å². The average molecular weight is 377 g/mol. The number of methoxy groups -OCH3 is 1. The van der Waals surface area contributed by atoms with Crippen LogP contribution in [0.2, 0.25) is 5.02 Å². The van der Waals surface area contributed by atoms with Crippen molar-refractivity contribution < 1.29 is 9.47 Å². The first kappa shape index (κ1) is 17.8. The molecule has 0 fully saturated rings. The van der Waals surface area contributed by atoms with E-state index in [1.807, 2.05) is 42.5 Å². The molecule has 0 radical (unpaired) electrons. The van der Waals surface area contributed by atoms with Crippen LogP contribution in [0.3, 0.4) is 0 Å². The van der Waals surface area contributed by atoms with Crippen molar-refractivity contribution in [1.29, 1.82) is 0 Å². The number of hydrogen-bond donors (Lipinski definition) is 2. The molecule has 1 aliphatic rings. The largest absolute Gasteiger partial charge is 0.497 e. The molecule has 1 atom stereocenters. The number of ether oxygens (including phenoxy) is 2. The number of hydrogen-bond acceptors (Lipinski definition) is 3. The van der Waals surface area contributed by atoms with E-state index in [1.165, 1.54) is 0 Å². The van der Waals surface area contributed by atoms with Gasteiger partial charge in [0.25, 0.3) is 0 Å². The Morgan fingerprint density at radius 1 is 1.28 bits per heavy atom. The molecule has 0 spiro atoms. The van der Waals surface area contributed by atoms with Gasteiger partial charge >= 0.3 is 0 Å². The standard InChI is InChI=1S/C19H21ClN2O2S/c1-19(2)11-16(15-8-7-14(23-3)10-17(15)24-19)22-18(25)21-13-6-4-5-12(20)9-13/h4-10,16H,11H2,1-3H3,(H2,21,22,25)/t16-/m1/s1. The van der Waals surface area contributed by atoms with Crippen molar-refractivity contribution in [3.8, 4) is 11.5 Å². The Morgan fingerprint density at radius 2 is 2.08 bits per heavy atom. The summed E-state index contributed by atoms with van der Waals surface area (Å²) >= 11 is 11.5. The van der Waals surface area contributed by atoms with Crippen LogP contribution in [0.15, 0.2) is 42.5 Å². The summed E-state index contributed by atoms with van der Waals surface area (Å²) in [6, 6.07) is 13.4. The molecule has 25 heavy (non-hydrogen) atoms. The van der Waals surface area contributed by atoms with Crippen molar-refractivity contribution in [2.45, 2.75) is 31.9 Å². The lowest BCUT2D eigenvalue weighted by atomic mass is 9.89. The maximum absolute atomic E-state index is 6.11. The first-order chi connectivity index (χ1) is 11.9. The van der Waals surface area contributed by atoms with Gasteiger partial charge in [-0.25, -0.2) is 0 Å². The van der Waals surface area contributed by atoms with E-state index < -0.39 is 0 Å². The Balaban J connectivity index is 1.79. The van der Waals surface area contributed by atoms with Crippen LogP contribution in [0.4, 0.5) is 5.69 Å². The van der Waals surface area contributed by atoms with Crippen LogP contribution in [-0.2, 0) is 0 Å². The molecule has 4 nitrogen and oxygen atoms in total. The molecule has 0 unspecified atom stereocenters. The maximum Gasteiger partial charge on any atom is 0.171 e. The first-order valence-corrected chi connectivity index (χ1v) is 8.85. The fourth-order valence-electron chi connectivity index (χ4n) is 2.98. The van der Waals surface area contributed by atoms with Crippen molar-refractivity contribution in [2.24, 2.45) is 0 Å². The third-order valence-electron chi connectivity index (χ3n) is 4.07. The summed E-state index contributed by atoms with van der Waals surface area (Å²) in [5.41, 5.74) is 1.62. The smallest absolute Gasteiger partial charge is 0.171 e. The number of benzene rings is 2. The molecule has 1 heterocycles. The highest BCUT2D eigenvalue weighted by Gasteiger charge is 2.34. The third kappa shape index (κ3) is 4.35. The topological polar surface area (TPSA) is 42.5 Å². The van der Waals surface area contributed by atoms with Gasteiger partial charge in [-0.15, -0.1) is 0 Å². The molecule has 0 saturated heterocycles. The van der Waals surface area contributed by atoms with Crippen molar-refractivity contribution >= 4 is 34.6 Å². The van der Waals surface area contributed by atoms with E-state index in [0.717, 1.165) is 29.2 Å². The summed E-state index contributed by atoms with van der Waals surface area (Å²) in [6.07, 6.45) is 0.795. The summed E-state index contributed by atoms with van der Waals surface area (Å²) in [7, 11) is 1.65. The molecule has 0 aromatic heterocycles. The van der Waals surface area contributed by atoms with Crippen LogP contribution >= 0.6 is 23.8 Å². The van der Waals surface area contributed by atoms with Gasteiger partial charge in [-0.2, -0.15) is 0 Å². The Labute approximate surface area is 158 Å². The molecule has 1 aliphatic heterocycles. The molecule has 2 aromatic carbocycles. The fraction of sp³-hybridized carbons (Fsp3) is 0.316. The predicted molar refractivity (Wildman–Crippen MR) is 106 cm³/mol. The quantitative estimate of drug-likeness (QED) is 0.743. The second kappa shape index (κ2) is 7.10. The summed E-state index contributed by atoms with van der Waals surface area (Å²) in [5.74, 6) is 1.59. The Hall–Kier alpha value is -1.98. The number of fused-ring (bicyclic) bond motifs is 1. The average Bonchev–Trinajstić information content (AvgIpc) is 2.53. The van der Waals surface area contributed by atoms with Crippen LogP contribution in [0.5, 0.6) is 11.5 Å². The third-order valence-corrected chi connectivity index (χ3v) is 4.52. The van der Waals surface area contributed by atoms with Crippen molar-refractivity contribution in [3.63, 3.8) is 0 Å². The van der Waals surface area contributed by atoms with Crippen molar-refractivity contribution in [1.82, 2.24) is 5.32 Å². The zero-order valence-electron chi connectivity index (χ0n) is 14.4. The Morgan fingerprint density at radius 3 is 2.80 bits per heavy atom. The van der Waals surface area contributed by atoms with Gasteiger partial charge in [0.1, 0.15) is 17.1 Å². The van der Waals surface area contributed by atoms with Crippen molar-refractivity contribution in [2.75, 3.05) is 12.4 Å². The van der Waals surface area contributed by atoms with E-state index in [-0.39, 0.29) is 11.6 Å². The predicted octanol–water partition coefficient (Wildman–Crippen LogP) is 4.94. The van der Waals surface area contributed by atoms with Gasteiger partial charge in [-0.05, 0) is 56.4 Å². The van der Waals surface area contributed by atoms with E-state index in [0.29, 0.717) is 10.1 Å². The van der Waals surface area contributed by atoms with Gasteiger partial charge in [0.15, 0.2) is 5.11 Å². The maximum atomic E-state index is 6.11. The number of thiocarbonyl (C=S) groups is 1. The molecular weight excluding hydrogens is 356 g/mol. The minimum Gasteiger partial charge on any atom is -0.497 e. The van der Waals surface area contributed by atoms with Crippen LogP contribution < -0.4 is 20.1 Å². The number of anilines is 1. The molecule has 3 rings (SSSR count). The zero-order valence-corrected chi connectivity index (χ0v) is 16.0. The lowest BCUT2D eigenvalue weighted by molar-refractivity contribution is 0.0693. The van der Waals surface area contributed by atoms with Gasteiger partial charge in [0.05, 0.1) is 13.2 Å². The van der Waals surface area contributed by atoms with Gasteiger partial charge in [0, 0.05) is 28.8 Å². The van der Waals surface area contributed by atoms with Crippen molar-refractivity contribution in [3.05, 3.63) is 53.1 Å². The van der Waals surface area contributed by atoms with Gasteiger partial charge in [-0.3, -0.25) is 0 Å². The molecule has 2 aromatic rings. The fourth-order valence-corrected chi connectivity index (χ4v) is 3.43. The number of halogens is 1. The SMILES string of the molecule is COc1ccc2c(c1)OC(C)(C)C[C@H]2NC(=S)Nc1cccc(Cl)c1. The first-order valence-electron chi connectivity index (χ1n) is 8.06. The lowest BCUT2D eigenvalue weighted by Crippen LogP contribution is -2.42. The van der Waals surface area contributed by atoms with Gasteiger partial charge in [-0.1, -0.05) is 17.7 Å². The summed E-state index contributed by atoms with van der Waals surface area (Å²) in [4.78, 5) is 0. The minimum atomic E-state index is -0.303. The molecular formula is C19H21ClN2O2S. The second-order valence-corrected chi connectivity index (χ2v) is 7.48. The van der Waals surface area contributed by atoms with Gasteiger partial charge < -0.3 is 20.1 Å². The molecule has 2 N–H and O–H groups in total. The van der Waals surface area contributed by atoms with Crippen LogP contribution in [0.1, 0.15) is 31.9 Å². The normalized spacial score (nSPS) is 17.8. The molecule has 0 saturated carbocycles. The summed E-state index contributed by atoms with van der Waals surface area (Å²) in [5, 5.41) is 7.79. The highest BCUT2D eigenvalue weighted by atomic mass is 35.5. The zero-order chi connectivity index (χ0) is 18.0. The lowest BCUT2D eigenvalue weighted by Gasteiger charge is -2.38. The number of nitrogens with one attached hydrogen (secondary N) is 2. The summed E-state index contributed by atoms with van der Waals surface area (Å²) < 4.78 is 11.4. The molecule has 0 aliphatic carbocycles. The van der Waals surface area contributed by atoms with E-state index in [4.69, 9.17) is 33.3 Å². The second-order valence-electron chi connectivity index (χ2n) is 6.63. The van der Waals surface area contributed by atoms with Gasteiger partial charge in [0.2, 0.25) is 0 Å². The molecule has 0 bridgehead atoms. The van der Waals surface area contributed by atoms with E-state index in [1.54, 1.807) is 7.11 Å². The van der Waals surface area contributed by atoms with Crippen LogP contribution in [0, 0.1) is 0 Å². The number of rotatable bonds is 3. The molecule has 6 heteroatoms. The summed E-state index contributed by atoms with van der Waals surface area (Å²) in [6.45, 7) is 4.13. The van der Waals surface area contributed by atoms with Crippen LogP contribution in [0.25, 0.3) is 0 Å². The highest BCUT2D eigenvalue weighted by Crippen LogP contribution is 2.41.